The molecule has 0 aliphatic heterocycles. The second-order valence-electron chi connectivity index (χ2n) is 3.69. The van der Waals surface area contributed by atoms with E-state index in [9.17, 15) is 9.59 Å². The van der Waals surface area contributed by atoms with Crippen LogP contribution in [0.5, 0.6) is 0 Å². The molecule has 2 aromatic heterocycles. The molecule has 0 aliphatic carbocycles. The number of aromatic carboxylic acids is 1. The molecule has 0 saturated carbocycles. The van der Waals surface area contributed by atoms with Crippen molar-refractivity contribution in [3.8, 4) is 11.3 Å². The zero-order chi connectivity index (χ0) is 12.7. The minimum Gasteiger partial charge on any atom is -0.478 e. The molecule has 7 heteroatoms. The average Bonchev–Trinajstić information content (AvgIpc) is 2.91. The Morgan fingerprint density at radius 2 is 2.22 bits per heavy atom. The molecule has 7 nitrogen and oxygen atoms in total. The van der Waals surface area contributed by atoms with Crippen molar-refractivity contribution in [1.82, 2.24) is 15.2 Å². The number of hydrogen-bond donors (Lipinski definition) is 3. The van der Waals surface area contributed by atoms with Crippen LogP contribution in [0.4, 0.5) is 0 Å². The minimum atomic E-state index is -1.07. The van der Waals surface area contributed by atoms with Gasteiger partial charge in [-0.05, 0) is 18.2 Å². The van der Waals surface area contributed by atoms with Gasteiger partial charge in [0.25, 0.3) is 0 Å². The highest BCUT2D eigenvalue weighted by Crippen LogP contribution is 2.24. The van der Waals surface area contributed by atoms with Crippen molar-refractivity contribution in [1.29, 1.82) is 0 Å². The lowest BCUT2D eigenvalue weighted by molar-refractivity contribution is 0.0698. The van der Waals surface area contributed by atoms with Gasteiger partial charge in [-0.15, -0.1) is 0 Å². The maximum atomic E-state index is 11.0. The standard InChI is InChI=1S/C11H7N3O4/c15-10(16)6-4-12-14-9(6)5-1-2-8-7(3-5)13-11(17)18-8/h1-4H,(H,12,14)(H,13,17)(H,15,16). The van der Waals surface area contributed by atoms with Gasteiger partial charge in [0.1, 0.15) is 5.56 Å². The first-order chi connectivity index (χ1) is 8.65. The van der Waals surface area contributed by atoms with Gasteiger partial charge in [0.05, 0.1) is 17.4 Å². The Kier molecular flexibility index (Phi) is 2.06. The lowest BCUT2D eigenvalue weighted by Crippen LogP contribution is -1.96. The minimum absolute atomic E-state index is 0.0696. The lowest BCUT2D eigenvalue weighted by Gasteiger charge is -1.99. The molecule has 0 saturated heterocycles. The van der Waals surface area contributed by atoms with Gasteiger partial charge in [-0.2, -0.15) is 5.10 Å². The van der Waals surface area contributed by atoms with E-state index in [0.717, 1.165) is 0 Å². The molecule has 90 valence electrons. The molecule has 0 atom stereocenters. The Morgan fingerprint density at radius 1 is 1.39 bits per heavy atom. The first-order valence-corrected chi connectivity index (χ1v) is 5.05. The van der Waals surface area contributed by atoms with Gasteiger partial charge < -0.3 is 9.52 Å². The number of aromatic nitrogens is 3. The lowest BCUT2D eigenvalue weighted by atomic mass is 10.1. The summed E-state index contributed by atoms with van der Waals surface area (Å²) in [5.41, 5.74) is 1.98. The Hall–Kier alpha value is -2.83. The molecule has 3 rings (SSSR count). The van der Waals surface area contributed by atoms with Crippen LogP contribution in [-0.4, -0.2) is 26.3 Å². The summed E-state index contributed by atoms with van der Waals surface area (Å²) in [6, 6.07) is 4.87. The summed E-state index contributed by atoms with van der Waals surface area (Å²) in [4.78, 5) is 24.5. The summed E-state index contributed by atoms with van der Waals surface area (Å²) in [6.07, 6.45) is 1.24. The molecular formula is C11H7N3O4. The van der Waals surface area contributed by atoms with Crippen LogP contribution >= 0.6 is 0 Å². The Morgan fingerprint density at radius 3 is 3.00 bits per heavy atom. The van der Waals surface area contributed by atoms with Crippen LogP contribution in [0.3, 0.4) is 0 Å². The molecule has 0 fully saturated rings. The smallest absolute Gasteiger partial charge is 0.417 e. The van der Waals surface area contributed by atoms with E-state index < -0.39 is 11.7 Å². The van der Waals surface area contributed by atoms with Crippen LogP contribution in [0.25, 0.3) is 22.4 Å². The summed E-state index contributed by atoms with van der Waals surface area (Å²) in [7, 11) is 0. The third-order valence-corrected chi connectivity index (χ3v) is 2.58. The Balaban J connectivity index is 2.21. The SMILES string of the molecule is O=C(O)c1cn[nH]c1-c1ccc2oc(=O)[nH]c2c1. The average molecular weight is 245 g/mol. The van der Waals surface area contributed by atoms with Gasteiger partial charge in [0.2, 0.25) is 0 Å². The first-order valence-electron chi connectivity index (χ1n) is 5.05. The number of carboxylic acids is 1. The van der Waals surface area contributed by atoms with Crippen molar-refractivity contribution in [3.63, 3.8) is 0 Å². The van der Waals surface area contributed by atoms with Crippen molar-refractivity contribution in [2.24, 2.45) is 0 Å². The van der Waals surface area contributed by atoms with Crippen molar-refractivity contribution in [2.45, 2.75) is 0 Å². The van der Waals surface area contributed by atoms with E-state index in [1.165, 1.54) is 6.20 Å². The van der Waals surface area contributed by atoms with Gasteiger partial charge in [-0.25, -0.2) is 9.59 Å². The van der Waals surface area contributed by atoms with Crippen LogP contribution in [-0.2, 0) is 0 Å². The van der Waals surface area contributed by atoms with Gasteiger partial charge in [-0.3, -0.25) is 10.1 Å². The predicted octanol–water partition coefficient (Wildman–Crippen LogP) is 1.21. The first kappa shape index (κ1) is 10.3. The van der Waals surface area contributed by atoms with Crippen molar-refractivity contribution in [3.05, 3.63) is 40.5 Å². The largest absolute Gasteiger partial charge is 0.478 e. The van der Waals surface area contributed by atoms with Crippen LogP contribution < -0.4 is 5.76 Å². The van der Waals surface area contributed by atoms with E-state index in [1.807, 2.05) is 0 Å². The monoisotopic (exact) mass is 245 g/mol. The van der Waals surface area contributed by atoms with Gasteiger partial charge >= 0.3 is 11.7 Å². The second-order valence-corrected chi connectivity index (χ2v) is 3.69. The highest BCUT2D eigenvalue weighted by atomic mass is 16.4. The summed E-state index contributed by atoms with van der Waals surface area (Å²) < 4.78 is 4.86. The molecule has 1 aromatic carbocycles. The Bertz CT molecular complexity index is 796. The van der Waals surface area contributed by atoms with Crippen LogP contribution in [0.2, 0.25) is 0 Å². The number of H-pyrrole nitrogens is 2. The summed E-state index contributed by atoms with van der Waals surface area (Å²) in [6.45, 7) is 0. The number of carboxylic acid groups (broad SMARTS) is 1. The van der Waals surface area contributed by atoms with Gasteiger partial charge in [0, 0.05) is 5.56 Å². The number of oxazole rings is 1. The fourth-order valence-corrected chi connectivity index (χ4v) is 1.78. The maximum Gasteiger partial charge on any atom is 0.417 e. The number of hydrogen-bond acceptors (Lipinski definition) is 4. The summed E-state index contributed by atoms with van der Waals surface area (Å²) in [5.74, 6) is -1.62. The van der Waals surface area contributed by atoms with Crippen LogP contribution in [0.15, 0.2) is 33.6 Å². The van der Waals surface area contributed by atoms with Crippen molar-refractivity contribution in [2.75, 3.05) is 0 Å². The molecular weight excluding hydrogens is 238 g/mol. The number of nitrogens with zero attached hydrogens (tertiary/aromatic N) is 1. The summed E-state index contributed by atoms with van der Waals surface area (Å²) in [5, 5.41) is 15.3. The van der Waals surface area contributed by atoms with Crippen molar-refractivity contribution >= 4 is 17.1 Å². The zero-order valence-corrected chi connectivity index (χ0v) is 8.93. The number of nitrogens with one attached hydrogen (secondary N) is 2. The second kappa shape index (κ2) is 3.59. The fourth-order valence-electron chi connectivity index (χ4n) is 1.78. The number of fused-ring (bicyclic) bond motifs is 1. The molecule has 18 heavy (non-hydrogen) atoms. The molecule has 0 radical (unpaired) electrons. The maximum absolute atomic E-state index is 11.0. The highest BCUT2D eigenvalue weighted by Gasteiger charge is 2.14. The molecule has 0 unspecified atom stereocenters. The van der Waals surface area contributed by atoms with Crippen LogP contribution in [0, 0.1) is 0 Å². The van der Waals surface area contributed by atoms with E-state index in [4.69, 9.17) is 9.52 Å². The Labute approximate surface area is 99.1 Å². The van der Waals surface area contributed by atoms with Crippen LogP contribution in [0.1, 0.15) is 10.4 Å². The number of rotatable bonds is 2. The van der Waals surface area contributed by atoms with Gasteiger partial charge in [0.15, 0.2) is 5.58 Å². The number of benzene rings is 1. The molecule has 0 spiro atoms. The van der Waals surface area contributed by atoms with E-state index in [-0.39, 0.29) is 5.56 Å². The third-order valence-electron chi connectivity index (χ3n) is 2.58. The van der Waals surface area contributed by atoms with Gasteiger partial charge in [-0.1, -0.05) is 0 Å². The van der Waals surface area contributed by atoms with E-state index >= 15 is 0 Å². The fraction of sp³-hybridized carbons (Fsp3) is 0. The quantitative estimate of drug-likeness (QED) is 0.628. The number of aromatic amines is 2. The normalized spacial score (nSPS) is 10.9. The highest BCUT2D eigenvalue weighted by molar-refractivity contribution is 5.95. The van der Waals surface area contributed by atoms with E-state index in [1.54, 1.807) is 18.2 Å². The third kappa shape index (κ3) is 1.49. The molecule has 0 amide bonds. The van der Waals surface area contributed by atoms with E-state index in [2.05, 4.69) is 15.2 Å². The predicted molar refractivity (Wildman–Crippen MR) is 61.4 cm³/mol. The summed E-state index contributed by atoms with van der Waals surface area (Å²) >= 11 is 0. The molecule has 3 N–H and O–H groups in total. The molecule has 0 bridgehead atoms. The number of carbonyl (C=O) groups is 1. The van der Waals surface area contributed by atoms with E-state index in [0.29, 0.717) is 22.4 Å². The topological polar surface area (TPSA) is 112 Å². The van der Waals surface area contributed by atoms with Crippen molar-refractivity contribution < 1.29 is 14.3 Å². The molecule has 2 heterocycles. The molecule has 3 aromatic rings. The molecule has 0 aliphatic rings. The zero-order valence-electron chi connectivity index (χ0n) is 8.93.